The number of hydrogen-bond acceptors (Lipinski definition) is 14. The second-order valence-electron chi connectivity index (χ2n) is 11.6. The average Bonchev–Trinajstić information content (AvgIpc) is 3.24. The molecule has 8 N–H and O–H groups in total. The summed E-state index contributed by atoms with van der Waals surface area (Å²) in [5, 5.41) is 39.2. The molecule has 304 valence electrons. The van der Waals surface area contributed by atoms with Crippen molar-refractivity contribution < 1.29 is 43.6 Å². The largest absolute Gasteiger partial charge is 0.495 e. The molecule has 0 aliphatic heterocycles. The van der Waals surface area contributed by atoms with Crippen LogP contribution >= 0.6 is 11.8 Å². The lowest BCUT2D eigenvalue weighted by Crippen LogP contribution is -2.17. The van der Waals surface area contributed by atoms with E-state index in [-0.39, 0.29) is 33.4 Å². The van der Waals surface area contributed by atoms with Gasteiger partial charge in [0.05, 0.1) is 62.3 Å². The van der Waals surface area contributed by atoms with Crippen LogP contribution in [-0.4, -0.2) is 50.6 Å². The van der Waals surface area contributed by atoms with Gasteiger partial charge in [-0.3, -0.25) is 40.3 Å². The van der Waals surface area contributed by atoms with E-state index in [1.54, 1.807) is 84.9 Å². The van der Waals surface area contributed by atoms with Crippen LogP contribution < -0.4 is 31.6 Å². The van der Waals surface area contributed by atoms with Crippen molar-refractivity contribution in [2.45, 2.75) is 19.6 Å². The maximum absolute atomic E-state index is 13.1. The van der Waals surface area contributed by atoms with Crippen LogP contribution in [0.2, 0.25) is 0 Å². The number of hydrogen-bond donors (Lipinski definition) is 6. The maximum atomic E-state index is 13.1. The number of carbonyl (C=O) groups excluding carboxylic acids is 2. The Morgan fingerprint density at radius 2 is 1.07 bits per heavy atom. The second kappa shape index (κ2) is 21.3. The van der Waals surface area contributed by atoms with Crippen molar-refractivity contribution >= 4 is 68.5 Å². The third kappa shape index (κ3) is 11.4. The normalized spacial score (nSPS) is 10.6. The topological polar surface area (TPSA) is 273 Å². The third-order valence-corrected chi connectivity index (χ3v) is 10.5. The van der Waals surface area contributed by atoms with Gasteiger partial charge < -0.3 is 31.6 Å². The monoisotopic (exact) mass is 840 g/mol. The number of nitrogens with one attached hydrogen (secondary N) is 2. The Balaban J connectivity index is 0.000000250. The lowest BCUT2D eigenvalue weighted by molar-refractivity contribution is -0.385. The number of methoxy groups -OCH3 is 2. The summed E-state index contributed by atoms with van der Waals surface area (Å²) < 4.78 is 23.6. The van der Waals surface area contributed by atoms with Crippen LogP contribution in [0.4, 0.5) is 34.1 Å². The molecule has 0 heterocycles. The molecule has 0 aliphatic carbocycles. The van der Waals surface area contributed by atoms with E-state index in [9.17, 15) is 34.0 Å². The quantitative estimate of drug-likeness (QED) is 0.0293. The molecule has 0 radical (unpaired) electrons. The number of nitrogens with zero attached hydrogens (tertiary/aromatic N) is 2. The molecule has 0 aromatic heterocycles. The van der Waals surface area contributed by atoms with E-state index in [0.717, 1.165) is 4.90 Å². The molecule has 59 heavy (non-hydrogen) atoms. The van der Waals surface area contributed by atoms with Gasteiger partial charge in [0.2, 0.25) is 0 Å². The van der Waals surface area contributed by atoms with Crippen molar-refractivity contribution in [3.05, 3.63) is 165 Å². The lowest BCUT2D eigenvalue weighted by atomic mass is 10.1. The minimum atomic E-state index is -1.77. The first-order valence-electron chi connectivity index (χ1n) is 16.9. The molecule has 0 bridgehead atoms. The summed E-state index contributed by atoms with van der Waals surface area (Å²) in [7, 11) is 1.24. The summed E-state index contributed by atoms with van der Waals surface area (Å²) in [5.41, 5.74) is 13.8. The number of amides is 2. The fourth-order valence-electron chi connectivity index (χ4n) is 5.27. The van der Waals surface area contributed by atoms with Crippen LogP contribution in [0.5, 0.6) is 11.5 Å². The standard InChI is InChI=1S/C20H17N3O5S.C20H17N3O4S.H2O2/c1-28-17-7-3-2-6-16(17)22-20(24)19-15(21)5-4-8-18(19)29(27)14-11-9-13(10-12-14)23(25)26;1-27-17-7-3-2-6-16(17)22-20(24)19-15(21)5-4-8-18(19)28-14-11-9-13(10-12-14)23(25)26;1-2/h2-12H,21H2,1H3,(H,22,24);2-12H,21H2,1H3,(H,22,24);1-2H. The van der Waals surface area contributed by atoms with Gasteiger partial charge >= 0.3 is 0 Å². The van der Waals surface area contributed by atoms with Crippen molar-refractivity contribution in [1.82, 2.24) is 0 Å². The van der Waals surface area contributed by atoms with Crippen molar-refractivity contribution in [3.63, 3.8) is 0 Å². The zero-order valence-corrected chi connectivity index (χ0v) is 32.8. The summed E-state index contributed by atoms with van der Waals surface area (Å²) in [5.74, 6) is 0.0909. The molecule has 0 fully saturated rings. The first kappa shape index (κ1) is 44.4. The van der Waals surface area contributed by atoms with E-state index in [0.29, 0.717) is 43.9 Å². The summed E-state index contributed by atoms with van der Waals surface area (Å²) in [6, 6.07) is 35.2. The number of nitro benzene ring substituents is 2. The van der Waals surface area contributed by atoms with Crippen molar-refractivity contribution in [2.75, 3.05) is 36.3 Å². The van der Waals surface area contributed by atoms with E-state index in [4.69, 9.17) is 31.5 Å². The van der Waals surface area contributed by atoms with Gasteiger partial charge in [-0.15, -0.1) is 0 Å². The molecule has 2 amide bonds. The van der Waals surface area contributed by atoms with Gasteiger partial charge in [0.1, 0.15) is 11.5 Å². The van der Waals surface area contributed by atoms with E-state index in [2.05, 4.69) is 10.6 Å². The van der Waals surface area contributed by atoms with Crippen LogP contribution in [0.1, 0.15) is 20.7 Å². The van der Waals surface area contributed by atoms with Crippen LogP contribution in [0.3, 0.4) is 0 Å². The number of para-hydroxylation sites is 4. The molecule has 6 rings (SSSR count). The number of benzene rings is 6. The highest BCUT2D eigenvalue weighted by Gasteiger charge is 2.22. The number of nitrogen functional groups attached to an aromatic ring is 2. The Morgan fingerprint density at radius 3 is 1.56 bits per heavy atom. The highest BCUT2D eigenvalue weighted by molar-refractivity contribution is 7.99. The van der Waals surface area contributed by atoms with Crippen molar-refractivity contribution in [2.24, 2.45) is 0 Å². The van der Waals surface area contributed by atoms with Crippen LogP contribution in [0.25, 0.3) is 0 Å². The van der Waals surface area contributed by atoms with Gasteiger partial charge in [0.15, 0.2) is 0 Å². The predicted octanol–water partition coefficient (Wildman–Crippen LogP) is 8.21. The van der Waals surface area contributed by atoms with Crippen molar-refractivity contribution in [3.8, 4) is 11.5 Å². The minimum absolute atomic E-state index is 0.00562. The summed E-state index contributed by atoms with van der Waals surface area (Å²) >= 11 is 1.30. The Kier molecular flexibility index (Phi) is 16.0. The number of nitro groups is 2. The number of anilines is 4. The van der Waals surface area contributed by atoms with Crippen molar-refractivity contribution in [1.29, 1.82) is 0 Å². The molecular weight excluding hydrogens is 805 g/mol. The lowest BCUT2D eigenvalue weighted by Gasteiger charge is -2.14. The minimum Gasteiger partial charge on any atom is -0.495 e. The van der Waals surface area contributed by atoms with Gasteiger partial charge in [-0.2, -0.15) is 0 Å². The SMILES string of the molecule is COc1ccccc1NC(=O)c1c(N)cccc1S(=O)c1ccc([N+](=O)[O-])cc1.COc1ccccc1NC(=O)c1c(N)cccc1Sc1ccc([N+](=O)[O-])cc1.OO. The number of ether oxygens (including phenoxy) is 2. The molecular formula is C40H36N6O11S2. The molecule has 0 aliphatic rings. The molecule has 0 saturated heterocycles. The van der Waals surface area contributed by atoms with E-state index in [1.807, 2.05) is 0 Å². The molecule has 17 nitrogen and oxygen atoms in total. The van der Waals surface area contributed by atoms with Gasteiger partial charge in [0, 0.05) is 50.3 Å². The molecule has 1 unspecified atom stereocenters. The van der Waals surface area contributed by atoms with Gasteiger partial charge in [-0.1, -0.05) is 48.2 Å². The first-order chi connectivity index (χ1) is 28.4. The van der Waals surface area contributed by atoms with Crippen LogP contribution in [-0.2, 0) is 10.8 Å². The summed E-state index contributed by atoms with van der Waals surface area (Å²) in [6.45, 7) is 0. The molecule has 0 saturated carbocycles. The molecule has 6 aromatic rings. The van der Waals surface area contributed by atoms with E-state index < -0.39 is 26.6 Å². The van der Waals surface area contributed by atoms with Gasteiger partial charge in [-0.05, 0) is 72.8 Å². The third-order valence-electron chi connectivity index (χ3n) is 8.02. The average molecular weight is 841 g/mol. The van der Waals surface area contributed by atoms with E-state index in [1.165, 1.54) is 74.5 Å². The number of rotatable bonds is 12. The Morgan fingerprint density at radius 1 is 0.627 bits per heavy atom. The zero-order chi connectivity index (χ0) is 43.1. The fourth-order valence-corrected chi connectivity index (χ4v) is 7.49. The Hall–Kier alpha value is -7.32. The Labute approximate surface area is 343 Å². The first-order valence-corrected chi connectivity index (χ1v) is 18.8. The highest BCUT2D eigenvalue weighted by atomic mass is 32.2. The van der Waals surface area contributed by atoms with E-state index >= 15 is 0 Å². The maximum Gasteiger partial charge on any atom is 0.269 e. The molecule has 19 heteroatoms. The molecule has 6 aromatic carbocycles. The van der Waals surface area contributed by atoms with Gasteiger partial charge in [-0.25, -0.2) is 4.21 Å². The fraction of sp³-hybridized carbons (Fsp3) is 0.0500. The molecule has 0 spiro atoms. The summed E-state index contributed by atoms with van der Waals surface area (Å²) in [4.78, 5) is 48.4. The van der Waals surface area contributed by atoms with Gasteiger partial charge in [0.25, 0.3) is 23.2 Å². The second-order valence-corrected chi connectivity index (χ2v) is 14.2. The van der Waals surface area contributed by atoms with Crippen LogP contribution in [0, 0.1) is 20.2 Å². The highest BCUT2D eigenvalue weighted by Crippen LogP contribution is 2.35. The van der Waals surface area contributed by atoms with Crippen LogP contribution in [0.15, 0.2) is 153 Å². The number of carbonyl (C=O) groups is 2. The number of non-ortho nitro benzene ring substituents is 2. The Bertz CT molecular complexity index is 2470. The number of nitrogens with two attached hydrogens (primary N) is 2. The smallest absolute Gasteiger partial charge is 0.269 e. The summed E-state index contributed by atoms with van der Waals surface area (Å²) in [6.07, 6.45) is 0. The molecule has 1 atom stereocenters. The predicted molar refractivity (Wildman–Crippen MR) is 224 cm³/mol. The zero-order valence-electron chi connectivity index (χ0n) is 31.1.